The SMILES string of the molecule is Cc1c(C(=O)NC2CC(OC=O)C2)cc(-c2cc(C3(C)CC3)nc(C(C)(C)C)n2)n1CC1CCCCC1. The van der Waals surface area contributed by atoms with Gasteiger partial charge in [0.15, 0.2) is 0 Å². The van der Waals surface area contributed by atoms with Crippen molar-refractivity contribution in [1.82, 2.24) is 19.9 Å². The highest BCUT2D eigenvalue weighted by atomic mass is 16.5. The Hall–Kier alpha value is -2.70. The van der Waals surface area contributed by atoms with Gasteiger partial charge in [-0.25, -0.2) is 9.97 Å². The van der Waals surface area contributed by atoms with E-state index < -0.39 is 0 Å². The largest absolute Gasteiger partial charge is 0.464 e. The molecule has 0 aromatic carbocycles. The van der Waals surface area contributed by atoms with Gasteiger partial charge in [-0.1, -0.05) is 47.0 Å². The molecule has 3 fully saturated rings. The number of carbonyl (C=O) groups excluding carboxylic acids is 2. The Morgan fingerprint density at radius 3 is 2.49 bits per heavy atom. The number of hydrogen-bond acceptors (Lipinski definition) is 5. The molecule has 0 spiro atoms. The van der Waals surface area contributed by atoms with Crippen LogP contribution in [0.1, 0.15) is 113 Å². The first-order valence-corrected chi connectivity index (χ1v) is 14.1. The van der Waals surface area contributed by atoms with Crippen molar-refractivity contribution < 1.29 is 14.3 Å². The normalized spacial score (nSPS) is 23.3. The van der Waals surface area contributed by atoms with Gasteiger partial charge in [0.1, 0.15) is 11.9 Å². The van der Waals surface area contributed by atoms with E-state index in [1.165, 1.54) is 32.1 Å². The lowest BCUT2D eigenvalue weighted by molar-refractivity contribution is -0.138. The maximum Gasteiger partial charge on any atom is 0.293 e. The Morgan fingerprint density at radius 1 is 1.16 bits per heavy atom. The zero-order valence-corrected chi connectivity index (χ0v) is 23.1. The second-order valence-corrected chi connectivity index (χ2v) is 12.9. The van der Waals surface area contributed by atoms with Gasteiger partial charge in [0.25, 0.3) is 12.4 Å². The number of ether oxygens (including phenoxy) is 1. The number of nitrogens with zero attached hydrogens (tertiary/aromatic N) is 3. The van der Waals surface area contributed by atoms with Crippen molar-refractivity contribution in [1.29, 1.82) is 0 Å². The van der Waals surface area contributed by atoms with Gasteiger partial charge in [0.2, 0.25) is 0 Å². The molecule has 5 rings (SSSR count). The molecule has 0 unspecified atom stereocenters. The van der Waals surface area contributed by atoms with Crippen LogP contribution in [0.4, 0.5) is 0 Å². The topological polar surface area (TPSA) is 86.1 Å². The minimum Gasteiger partial charge on any atom is -0.464 e. The third-order valence-electron chi connectivity index (χ3n) is 8.73. The number of rotatable bonds is 8. The summed E-state index contributed by atoms with van der Waals surface area (Å²) in [5.74, 6) is 1.42. The number of nitrogens with one attached hydrogen (secondary N) is 1. The molecule has 2 aromatic heterocycles. The van der Waals surface area contributed by atoms with Crippen LogP contribution in [0.25, 0.3) is 11.4 Å². The third-order valence-corrected chi connectivity index (χ3v) is 8.73. The molecular weight excluding hydrogens is 464 g/mol. The fourth-order valence-electron chi connectivity index (χ4n) is 5.75. The highest BCUT2D eigenvalue weighted by Gasteiger charge is 2.42. The van der Waals surface area contributed by atoms with Gasteiger partial charge in [-0.05, 0) is 50.7 Å². The van der Waals surface area contributed by atoms with Crippen molar-refractivity contribution in [3.05, 3.63) is 34.9 Å². The molecule has 2 heterocycles. The molecule has 0 bridgehead atoms. The Bertz CT molecular complexity index is 1140. The predicted octanol–water partition coefficient (Wildman–Crippen LogP) is 5.62. The Morgan fingerprint density at radius 2 is 1.86 bits per heavy atom. The molecule has 0 atom stereocenters. The van der Waals surface area contributed by atoms with E-state index in [1.807, 2.05) is 6.07 Å². The van der Waals surface area contributed by atoms with E-state index in [9.17, 15) is 9.59 Å². The summed E-state index contributed by atoms with van der Waals surface area (Å²) in [7, 11) is 0. The Balaban J connectivity index is 1.51. The zero-order valence-electron chi connectivity index (χ0n) is 23.1. The average Bonchev–Trinajstić information content (AvgIpc) is 3.52. The van der Waals surface area contributed by atoms with E-state index in [2.05, 4.69) is 50.6 Å². The summed E-state index contributed by atoms with van der Waals surface area (Å²) in [4.78, 5) is 34.1. The average molecular weight is 507 g/mol. The molecule has 0 radical (unpaired) electrons. The van der Waals surface area contributed by atoms with Crippen molar-refractivity contribution in [2.75, 3.05) is 0 Å². The van der Waals surface area contributed by atoms with Crippen molar-refractivity contribution in [3.63, 3.8) is 0 Å². The summed E-state index contributed by atoms with van der Waals surface area (Å²) in [6.07, 6.45) is 9.91. The number of amides is 1. The van der Waals surface area contributed by atoms with Crippen molar-refractivity contribution >= 4 is 12.4 Å². The quantitative estimate of drug-likeness (QED) is 0.470. The van der Waals surface area contributed by atoms with Crippen molar-refractivity contribution in [2.45, 2.75) is 122 Å². The van der Waals surface area contributed by atoms with Gasteiger partial charge in [0.05, 0.1) is 22.6 Å². The maximum atomic E-state index is 13.4. The number of aromatic nitrogens is 3. The molecule has 1 N–H and O–H groups in total. The summed E-state index contributed by atoms with van der Waals surface area (Å²) in [6.45, 7) is 12.2. The molecule has 3 aliphatic carbocycles. The zero-order chi connectivity index (χ0) is 26.4. The van der Waals surface area contributed by atoms with Crippen LogP contribution >= 0.6 is 0 Å². The van der Waals surface area contributed by atoms with E-state index in [0.717, 1.165) is 48.0 Å². The standard InChI is InChI=1S/C30H42N4O3/c1-19-23(27(36)31-21-13-22(14-21)37-18-35)15-25(34(19)17-20-9-7-6-8-10-20)24-16-26(30(5)11-12-30)33-28(32-24)29(2,3)4/h15-16,18,20-22H,6-14,17H2,1-5H3,(H,31,36). The molecular formula is C30H42N4O3. The van der Waals surface area contributed by atoms with Crippen LogP contribution in [0.2, 0.25) is 0 Å². The fourth-order valence-corrected chi connectivity index (χ4v) is 5.75. The molecule has 3 saturated carbocycles. The molecule has 2 aromatic rings. The Kier molecular flexibility index (Phi) is 6.92. The maximum absolute atomic E-state index is 13.4. The van der Waals surface area contributed by atoms with Gasteiger partial charge in [-0.15, -0.1) is 0 Å². The van der Waals surface area contributed by atoms with E-state index in [4.69, 9.17) is 14.7 Å². The molecule has 7 heteroatoms. The lowest BCUT2D eigenvalue weighted by Gasteiger charge is -2.34. The van der Waals surface area contributed by atoms with Crippen LogP contribution in [0, 0.1) is 12.8 Å². The smallest absolute Gasteiger partial charge is 0.293 e. The molecule has 200 valence electrons. The van der Waals surface area contributed by atoms with E-state index in [-0.39, 0.29) is 28.9 Å². The first kappa shape index (κ1) is 25.9. The van der Waals surface area contributed by atoms with Gasteiger partial charge in [-0.3, -0.25) is 9.59 Å². The summed E-state index contributed by atoms with van der Waals surface area (Å²) in [5, 5.41) is 3.16. The summed E-state index contributed by atoms with van der Waals surface area (Å²) < 4.78 is 7.36. The lowest BCUT2D eigenvalue weighted by Crippen LogP contribution is -2.47. The molecule has 37 heavy (non-hydrogen) atoms. The molecule has 1 amide bonds. The van der Waals surface area contributed by atoms with E-state index in [0.29, 0.717) is 30.8 Å². The van der Waals surface area contributed by atoms with Crippen LogP contribution < -0.4 is 5.32 Å². The van der Waals surface area contributed by atoms with E-state index in [1.54, 1.807) is 0 Å². The number of carbonyl (C=O) groups is 2. The first-order valence-electron chi connectivity index (χ1n) is 14.1. The van der Waals surface area contributed by atoms with Crippen LogP contribution in [0.5, 0.6) is 0 Å². The summed E-state index contributed by atoms with van der Waals surface area (Å²) in [5.41, 5.74) is 4.71. The molecule has 0 aliphatic heterocycles. The minimum absolute atomic E-state index is 0.0370. The minimum atomic E-state index is -0.170. The van der Waals surface area contributed by atoms with Gasteiger partial charge >= 0.3 is 0 Å². The molecule has 3 aliphatic rings. The monoisotopic (exact) mass is 506 g/mol. The third kappa shape index (κ3) is 5.46. The number of hydrogen-bond donors (Lipinski definition) is 1. The van der Waals surface area contributed by atoms with Crippen LogP contribution in [0.15, 0.2) is 12.1 Å². The predicted molar refractivity (Wildman–Crippen MR) is 143 cm³/mol. The lowest BCUT2D eigenvalue weighted by atomic mass is 9.89. The van der Waals surface area contributed by atoms with Crippen LogP contribution in [-0.2, 0) is 26.9 Å². The first-order chi connectivity index (χ1) is 17.6. The second-order valence-electron chi connectivity index (χ2n) is 12.9. The van der Waals surface area contributed by atoms with E-state index >= 15 is 0 Å². The van der Waals surface area contributed by atoms with Gasteiger partial charge in [-0.2, -0.15) is 0 Å². The molecule has 7 nitrogen and oxygen atoms in total. The molecule has 0 saturated heterocycles. The second kappa shape index (κ2) is 9.88. The fraction of sp³-hybridized carbons (Fsp3) is 0.667. The van der Waals surface area contributed by atoms with Crippen LogP contribution in [0.3, 0.4) is 0 Å². The highest BCUT2D eigenvalue weighted by molar-refractivity contribution is 5.97. The van der Waals surface area contributed by atoms with Crippen molar-refractivity contribution in [3.8, 4) is 11.4 Å². The van der Waals surface area contributed by atoms with Crippen molar-refractivity contribution in [2.24, 2.45) is 5.92 Å². The summed E-state index contributed by atoms with van der Waals surface area (Å²) in [6, 6.07) is 4.25. The Labute approximate surface area is 220 Å². The summed E-state index contributed by atoms with van der Waals surface area (Å²) >= 11 is 0. The van der Waals surface area contributed by atoms with Gasteiger partial charge in [0, 0.05) is 42.0 Å². The highest BCUT2D eigenvalue weighted by Crippen LogP contribution is 2.47. The van der Waals surface area contributed by atoms with Gasteiger partial charge < -0.3 is 14.6 Å². The van der Waals surface area contributed by atoms with Crippen LogP contribution in [-0.4, -0.2) is 39.1 Å².